The van der Waals surface area contributed by atoms with Gasteiger partial charge in [-0.2, -0.15) is 0 Å². The van der Waals surface area contributed by atoms with Crippen molar-refractivity contribution in [3.05, 3.63) is 76.6 Å². The number of Topliss-reactive ketones (excluding diaryl/α,β-unsaturated/α-hetero) is 1. The van der Waals surface area contributed by atoms with Crippen LogP contribution in [0.4, 0.5) is 0 Å². The normalized spacial score (nSPS) is 11.2. The first-order valence-corrected chi connectivity index (χ1v) is 11.2. The molecule has 31 heavy (non-hydrogen) atoms. The first kappa shape index (κ1) is 21.1. The quantitative estimate of drug-likeness (QED) is 0.298. The second-order valence-corrected chi connectivity index (χ2v) is 8.38. The van der Waals surface area contributed by atoms with Crippen molar-refractivity contribution in [2.45, 2.75) is 45.8 Å². The number of benzene rings is 1. The van der Waals surface area contributed by atoms with E-state index in [1.165, 1.54) is 17.3 Å². The molecule has 160 valence electrons. The van der Waals surface area contributed by atoms with Gasteiger partial charge in [-0.15, -0.1) is 10.2 Å². The number of aromatic nitrogens is 5. The van der Waals surface area contributed by atoms with Crippen LogP contribution in [0.2, 0.25) is 0 Å². The molecule has 4 rings (SSSR count). The number of nitrogens with zero attached hydrogens (tertiary/aromatic N) is 5. The van der Waals surface area contributed by atoms with Crippen molar-refractivity contribution in [1.29, 1.82) is 0 Å². The van der Waals surface area contributed by atoms with Crippen LogP contribution in [0.3, 0.4) is 0 Å². The molecule has 0 fully saturated rings. The highest BCUT2D eigenvalue weighted by Crippen LogP contribution is 2.24. The van der Waals surface area contributed by atoms with Crippen LogP contribution >= 0.6 is 11.8 Å². The highest BCUT2D eigenvalue weighted by atomic mass is 32.2. The Bertz CT molecular complexity index is 1210. The van der Waals surface area contributed by atoms with Crippen molar-refractivity contribution in [2.24, 2.45) is 0 Å². The lowest BCUT2D eigenvalue weighted by Gasteiger charge is -2.07. The Kier molecular flexibility index (Phi) is 6.08. The Morgan fingerprint density at radius 2 is 1.87 bits per heavy atom. The van der Waals surface area contributed by atoms with E-state index in [0.29, 0.717) is 23.6 Å². The highest BCUT2D eigenvalue weighted by Gasteiger charge is 2.20. The molecule has 7 nitrogen and oxygen atoms in total. The van der Waals surface area contributed by atoms with Gasteiger partial charge in [0.2, 0.25) is 0 Å². The van der Waals surface area contributed by atoms with Crippen molar-refractivity contribution < 1.29 is 9.32 Å². The molecule has 0 radical (unpaired) electrons. The molecule has 0 N–H and O–H groups in total. The summed E-state index contributed by atoms with van der Waals surface area (Å²) in [6.07, 6.45) is 0.717. The first-order chi connectivity index (χ1) is 15.0. The van der Waals surface area contributed by atoms with Crippen molar-refractivity contribution in [2.75, 3.05) is 5.75 Å². The first-order valence-electron chi connectivity index (χ1n) is 10.2. The van der Waals surface area contributed by atoms with Gasteiger partial charge in [-0.1, -0.05) is 47.3 Å². The monoisotopic (exact) mass is 435 g/mol. The largest absolute Gasteiger partial charge is 0.360 e. The summed E-state index contributed by atoms with van der Waals surface area (Å²) in [4.78, 5) is 13.0. The van der Waals surface area contributed by atoms with E-state index in [1.807, 2.05) is 55.7 Å². The molecule has 4 aromatic rings. The maximum absolute atomic E-state index is 13.0. The Balaban J connectivity index is 1.49. The van der Waals surface area contributed by atoms with E-state index in [-0.39, 0.29) is 5.78 Å². The molecule has 0 unspecified atom stereocenters. The molecule has 3 heterocycles. The summed E-state index contributed by atoms with van der Waals surface area (Å²) < 4.78 is 9.22. The summed E-state index contributed by atoms with van der Waals surface area (Å²) in [7, 11) is 0. The molecule has 0 aliphatic heterocycles. The number of thioether (sulfide) groups is 1. The van der Waals surface area contributed by atoms with E-state index >= 15 is 0 Å². The molecule has 0 aliphatic rings. The van der Waals surface area contributed by atoms with Gasteiger partial charge in [-0.05, 0) is 39.3 Å². The van der Waals surface area contributed by atoms with E-state index in [4.69, 9.17) is 4.52 Å². The fourth-order valence-corrected chi connectivity index (χ4v) is 4.62. The molecular formula is C23H25N5O2S. The van der Waals surface area contributed by atoms with E-state index in [1.54, 1.807) is 0 Å². The third-order valence-electron chi connectivity index (χ3n) is 5.22. The van der Waals surface area contributed by atoms with E-state index in [2.05, 4.69) is 39.0 Å². The van der Waals surface area contributed by atoms with E-state index in [9.17, 15) is 4.79 Å². The summed E-state index contributed by atoms with van der Waals surface area (Å²) in [6, 6.07) is 14.0. The molecule has 8 heteroatoms. The maximum Gasteiger partial charge on any atom is 0.191 e. The van der Waals surface area contributed by atoms with Crippen LogP contribution in [0.5, 0.6) is 0 Å². The number of hydrogen-bond donors (Lipinski definition) is 0. The fourth-order valence-electron chi connectivity index (χ4n) is 3.72. The predicted molar refractivity (Wildman–Crippen MR) is 120 cm³/mol. The van der Waals surface area contributed by atoms with Crippen LogP contribution < -0.4 is 0 Å². The van der Waals surface area contributed by atoms with Gasteiger partial charge in [0, 0.05) is 36.0 Å². The smallest absolute Gasteiger partial charge is 0.191 e. The van der Waals surface area contributed by atoms with E-state index in [0.717, 1.165) is 34.7 Å². The molecule has 0 bridgehead atoms. The maximum atomic E-state index is 13.0. The van der Waals surface area contributed by atoms with Crippen molar-refractivity contribution in [3.63, 3.8) is 0 Å². The SMILES string of the molecule is CCn1c(Cc2ccccc2)nnc1SCC(=O)c1cc(C)n(-c2cc(C)on2)c1C. The van der Waals surface area contributed by atoms with Gasteiger partial charge in [0.05, 0.1) is 5.75 Å². The van der Waals surface area contributed by atoms with Crippen LogP contribution in [-0.4, -0.2) is 36.0 Å². The Morgan fingerprint density at radius 1 is 1.10 bits per heavy atom. The average molecular weight is 436 g/mol. The Hall–Kier alpha value is -3.13. The third kappa shape index (κ3) is 4.34. The summed E-state index contributed by atoms with van der Waals surface area (Å²) >= 11 is 1.43. The molecule has 1 aromatic carbocycles. The van der Waals surface area contributed by atoms with Crippen LogP contribution in [0.1, 0.15) is 45.8 Å². The molecular weight excluding hydrogens is 410 g/mol. The molecule has 0 amide bonds. The highest BCUT2D eigenvalue weighted by molar-refractivity contribution is 7.99. The second kappa shape index (κ2) is 8.93. The lowest BCUT2D eigenvalue weighted by Crippen LogP contribution is -2.08. The third-order valence-corrected chi connectivity index (χ3v) is 6.19. The minimum Gasteiger partial charge on any atom is -0.360 e. The zero-order valence-corrected chi connectivity index (χ0v) is 18.9. The summed E-state index contributed by atoms with van der Waals surface area (Å²) in [6.45, 7) is 8.57. The summed E-state index contributed by atoms with van der Waals surface area (Å²) in [5, 5.41) is 13.6. The van der Waals surface area contributed by atoms with Gasteiger partial charge < -0.3 is 9.09 Å². The van der Waals surface area contributed by atoms with Gasteiger partial charge in [0.1, 0.15) is 11.6 Å². The molecule has 0 spiro atoms. The van der Waals surface area contributed by atoms with Crippen molar-refractivity contribution in [1.82, 2.24) is 24.5 Å². The number of rotatable bonds is 8. The summed E-state index contributed by atoms with van der Waals surface area (Å²) in [5.74, 6) is 2.68. The lowest BCUT2D eigenvalue weighted by molar-refractivity contribution is 0.102. The van der Waals surface area contributed by atoms with Crippen LogP contribution in [-0.2, 0) is 13.0 Å². The van der Waals surface area contributed by atoms with Crippen molar-refractivity contribution >= 4 is 17.5 Å². The van der Waals surface area contributed by atoms with Gasteiger partial charge in [0.25, 0.3) is 0 Å². The molecule has 3 aromatic heterocycles. The predicted octanol–water partition coefficient (Wildman–Crippen LogP) is 4.57. The van der Waals surface area contributed by atoms with Crippen LogP contribution in [0.25, 0.3) is 5.82 Å². The topological polar surface area (TPSA) is 78.7 Å². The van der Waals surface area contributed by atoms with Crippen molar-refractivity contribution in [3.8, 4) is 5.82 Å². The zero-order valence-electron chi connectivity index (χ0n) is 18.1. The standard InChI is InChI=1S/C23H25N5O2S/c1-5-27-21(13-18-9-7-6-8-10-18)24-25-23(27)31-14-20(29)19-11-15(2)28(17(19)4)22-12-16(3)30-26-22/h6-12H,5,13-14H2,1-4H3. The summed E-state index contributed by atoms with van der Waals surface area (Å²) in [5.41, 5.74) is 3.68. The van der Waals surface area contributed by atoms with Gasteiger partial charge in [-0.3, -0.25) is 9.36 Å². The number of ketones is 1. The molecule has 0 atom stereocenters. The fraction of sp³-hybridized carbons (Fsp3) is 0.304. The molecule has 0 saturated carbocycles. The van der Waals surface area contributed by atoms with Gasteiger partial charge >= 0.3 is 0 Å². The van der Waals surface area contributed by atoms with E-state index < -0.39 is 0 Å². The molecule has 0 aliphatic carbocycles. The number of aryl methyl sites for hydroxylation is 2. The number of carbonyl (C=O) groups is 1. The minimum atomic E-state index is 0.0554. The number of carbonyl (C=O) groups excluding carboxylic acids is 1. The lowest BCUT2D eigenvalue weighted by atomic mass is 10.1. The number of hydrogen-bond acceptors (Lipinski definition) is 6. The Labute approximate surface area is 185 Å². The van der Waals surface area contributed by atoms with Crippen LogP contribution in [0.15, 0.2) is 52.1 Å². The van der Waals surface area contributed by atoms with Crippen LogP contribution in [0, 0.1) is 20.8 Å². The average Bonchev–Trinajstić information content (AvgIpc) is 3.44. The minimum absolute atomic E-state index is 0.0554. The zero-order chi connectivity index (χ0) is 22.0. The molecule has 0 saturated heterocycles. The Morgan fingerprint density at radius 3 is 2.55 bits per heavy atom. The van der Waals surface area contributed by atoms with Gasteiger partial charge in [0.15, 0.2) is 16.8 Å². The second-order valence-electron chi connectivity index (χ2n) is 7.43. The van der Waals surface area contributed by atoms with Gasteiger partial charge in [-0.25, -0.2) is 0 Å².